The van der Waals surface area contributed by atoms with Gasteiger partial charge in [-0.25, -0.2) is 0 Å². The number of hydrogen-bond acceptors (Lipinski definition) is 5. The van der Waals surface area contributed by atoms with E-state index in [4.69, 9.17) is 14.2 Å². The fourth-order valence-electron chi connectivity index (χ4n) is 3.00. The number of phenols is 1. The molecule has 3 rings (SSSR count). The van der Waals surface area contributed by atoms with Gasteiger partial charge in [0.15, 0.2) is 17.3 Å². The number of fused-ring (bicyclic) bond motifs is 1. The van der Waals surface area contributed by atoms with Crippen LogP contribution in [0.2, 0.25) is 0 Å². The molecule has 0 aliphatic carbocycles. The third-order valence-corrected chi connectivity index (χ3v) is 4.29. The van der Waals surface area contributed by atoms with E-state index in [0.29, 0.717) is 28.4 Å². The molecular weight excluding hydrogens is 332 g/mol. The van der Waals surface area contributed by atoms with Crippen molar-refractivity contribution in [2.75, 3.05) is 14.2 Å². The number of ketones is 1. The van der Waals surface area contributed by atoms with Gasteiger partial charge in [0.2, 0.25) is 0 Å². The van der Waals surface area contributed by atoms with Crippen molar-refractivity contribution in [1.29, 1.82) is 0 Å². The number of ether oxygens (including phenoxy) is 3. The Morgan fingerprint density at radius 2 is 1.92 bits per heavy atom. The molecular formula is C21H22O5. The summed E-state index contributed by atoms with van der Waals surface area (Å²) in [6, 6.07) is 8.45. The number of aromatic hydroxyl groups is 1. The molecule has 0 spiro atoms. The smallest absolute Gasteiger partial charge is 0.170 e. The molecule has 1 N–H and O–H groups in total. The summed E-state index contributed by atoms with van der Waals surface area (Å²) in [4.78, 5) is 12.8. The summed E-state index contributed by atoms with van der Waals surface area (Å²) in [7, 11) is 3.02. The minimum atomic E-state index is -0.399. The van der Waals surface area contributed by atoms with E-state index in [1.807, 2.05) is 26.0 Å². The van der Waals surface area contributed by atoms with Crippen LogP contribution in [0.1, 0.15) is 35.3 Å². The van der Waals surface area contributed by atoms with Gasteiger partial charge < -0.3 is 19.3 Å². The van der Waals surface area contributed by atoms with E-state index < -0.39 is 5.60 Å². The van der Waals surface area contributed by atoms with Crippen LogP contribution < -0.4 is 14.2 Å². The van der Waals surface area contributed by atoms with Crippen molar-refractivity contribution in [2.45, 2.75) is 25.9 Å². The fourth-order valence-corrected chi connectivity index (χ4v) is 3.00. The van der Waals surface area contributed by atoms with Crippen LogP contribution in [0, 0.1) is 0 Å². The maximum atomic E-state index is 12.8. The van der Waals surface area contributed by atoms with Gasteiger partial charge >= 0.3 is 0 Å². The summed E-state index contributed by atoms with van der Waals surface area (Å²) < 4.78 is 16.5. The van der Waals surface area contributed by atoms with Gasteiger partial charge in [-0.3, -0.25) is 4.79 Å². The maximum absolute atomic E-state index is 12.8. The van der Waals surface area contributed by atoms with Crippen molar-refractivity contribution in [3.63, 3.8) is 0 Å². The van der Waals surface area contributed by atoms with E-state index in [2.05, 4.69) is 0 Å². The SMILES string of the molecule is COc1ccc(CC(=O)c2ccc3c(c2OC)C=CC(C)(C)O3)cc1O. The average Bonchev–Trinajstić information content (AvgIpc) is 2.59. The van der Waals surface area contributed by atoms with Gasteiger partial charge in [-0.1, -0.05) is 6.07 Å². The lowest BCUT2D eigenvalue weighted by Gasteiger charge is -2.29. The summed E-state index contributed by atoms with van der Waals surface area (Å²) in [6.45, 7) is 3.93. The molecule has 26 heavy (non-hydrogen) atoms. The van der Waals surface area contributed by atoms with Crippen LogP contribution in [-0.2, 0) is 6.42 Å². The Hall–Kier alpha value is -2.95. The van der Waals surface area contributed by atoms with Crippen LogP contribution in [0.5, 0.6) is 23.0 Å². The standard InChI is InChI=1S/C21H22O5/c1-21(2)10-9-15-18(26-21)8-6-14(20(15)25-4)16(22)11-13-5-7-19(24-3)17(23)12-13/h5-10,12,23H,11H2,1-4H3. The first-order chi connectivity index (χ1) is 12.3. The molecule has 0 bridgehead atoms. The summed E-state index contributed by atoms with van der Waals surface area (Å²) in [5, 5.41) is 9.90. The second-order valence-corrected chi connectivity index (χ2v) is 6.70. The molecule has 0 amide bonds. The van der Waals surface area contributed by atoms with E-state index >= 15 is 0 Å². The van der Waals surface area contributed by atoms with E-state index in [-0.39, 0.29) is 18.0 Å². The molecule has 2 aromatic rings. The van der Waals surface area contributed by atoms with Crippen LogP contribution >= 0.6 is 0 Å². The van der Waals surface area contributed by atoms with Crippen LogP contribution in [0.25, 0.3) is 6.08 Å². The lowest BCUT2D eigenvalue weighted by molar-refractivity contribution is 0.0989. The molecule has 0 saturated heterocycles. The Labute approximate surface area is 152 Å². The van der Waals surface area contributed by atoms with Crippen molar-refractivity contribution in [3.05, 3.63) is 53.1 Å². The Balaban J connectivity index is 1.92. The predicted molar refractivity (Wildman–Crippen MR) is 99.4 cm³/mol. The average molecular weight is 354 g/mol. The maximum Gasteiger partial charge on any atom is 0.170 e. The Morgan fingerprint density at radius 1 is 1.15 bits per heavy atom. The van der Waals surface area contributed by atoms with Crippen molar-refractivity contribution in [2.24, 2.45) is 0 Å². The first-order valence-corrected chi connectivity index (χ1v) is 8.33. The highest BCUT2D eigenvalue weighted by atomic mass is 16.5. The second kappa shape index (κ2) is 6.75. The van der Waals surface area contributed by atoms with Crippen LogP contribution in [-0.4, -0.2) is 30.7 Å². The van der Waals surface area contributed by atoms with Crippen molar-refractivity contribution in [3.8, 4) is 23.0 Å². The first-order valence-electron chi connectivity index (χ1n) is 8.33. The minimum absolute atomic E-state index is 0.00812. The molecule has 2 aromatic carbocycles. The molecule has 1 heterocycles. The quantitative estimate of drug-likeness (QED) is 0.822. The van der Waals surface area contributed by atoms with Gasteiger partial charge in [-0.2, -0.15) is 0 Å². The second-order valence-electron chi connectivity index (χ2n) is 6.70. The highest BCUT2D eigenvalue weighted by Crippen LogP contribution is 2.39. The molecule has 0 fully saturated rings. The van der Waals surface area contributed by atoms with Crippen molar-refractivity contribution >= 4 is 11.9 Å². The number of phenolic OH excluding ortho intramolecular Hbond substituents is 1. The lowest BCUT2D eigenvalue weighted by atomic mass is 9.96. The topological polar surface area (TPSA) is 65.0 Å². The van der Waals surface area contributed by atoms with Crippen LogP contribution in [0.15, 0.2) is 36.4 Å². The number of carbonyl (C=O) groups is 1. The van der Waals surface area contributed by atoms with Gasteiger partial charge in [0.05, 0.1) is 25.3 Å². The van der Waals surface area contributed by atoms with Crippen LogP contribution in [0.4, 0.5) is 0 Å². The molecule has 1 aliphatic rings. The molecule has 0 unspecified atom stereocenters. The molecule has 1 aliphatic heterocycles. The van der Waals surface area contributed by atoms with Crippen LogP contribution in [0.3, 0.4) is 0 Å². The Kier molecular flexibility index (Phi) is 4.64. The van der Waals surface area contributed by atoms with Gasteiger partial charge in [-0.05, 0) is 55.8 Å². The molecule has 0 aromatic heterocycles. The number of carbonyl (C=O) groups excluding carboxylic acids is 1. The van der Waals surface area contributed by atoms with Gasteiger partial charge in [0.25, 0.3) is 0 Å². The fraction of sp³-hybridized carbons (Fsp3) is 0.286. The van der Waals surface area contributed by atoms with Crippen molar-refractivity contribution in [1.82, 2.24) is 0 Å². The molecule has 136 valence electrons. The summed E-state index contributed by atoms with van der Waals surface area (Å²) in [6.07, 6.45) is 4.00. The van der Waals surface area contributed by atoms with Gasteiger partial charge in [-0.15, -0.1) is 0 Å². The van der Waals surface area contributed by atoms with E-state index in [1.165, 1.54) is 13.2 Å². The van der Waals surface area contributed by atoms with Gasteiger partial charge in [0.1, 0.15) is 17.1 Å². The van der Waals surface area contributed by atoms with Gasteiger partial charge in [0, 0.05) is 6.42 Å². The number of methoxy groups -OCH3 is 2. The molecule has 0 radical (unpaired) electrons. The zero-order chi connectivity index (χ0) is 18.9. The Morgan fingerprint density at radius 3 is 2.58 bits per heavy atom. The number of hydrogen-bond donors (Lipinski definition) is 1. The monoisotopic (exact) mass is 354 g/mol. The summed E-state index contributed by atoms with van der Waals surface area (Å²) >= 11 is 0. The zero-order valence-corrected chi connectivity index (χ0v) is 15.3. The largest absolute Gasteiger partial charge is 0.504 e. The Bertz CT molecular complexity index is 880. The molecule has 5 heteroatoms. The summed E-state index contributed by atoms with van der Waals surface area (Å²) in [5.41, 5.74) is 1.54. The van der Waals surface area contributed by atoms with E-state index in [0.717, 1.165) is 5.56 Å². The zero-order valence-electron chi connectivity index (χ0n) is 15.3. The third-order valence-electron chi connectivity index (χ3n) is 4.29. The lowest BCUT2D eigenvalue weighted by Crippen LogP contribution is -2.27. The first kappa shape index (κ1) is 17.9. The third kappa shape index (κ3) is 3.38. The molecule has 5 nitrogen and oxygen atoms in total. The predicted octanol–water partition coefficient (Wildman–Crippen LogP) is 4.02. The summed E-state index contributed by atoms with van der Waals surface area (Å²) in [5.74, 6) is 1.46. The highest BCUT2D eigenvalue weighted by Gasteiger charge is 2.26. The van der Waals surface area contributed by atoms with E-state index in [1.54, 1.807) is 31.4 Å². The normalized spacial score (nSPS) is 14.3. The van der Waals surface area contributed by atoms with Crippen molar-refractivity contribution < 1.29 is 24.1 Å². The highest BCUT2D eigenvalue weighted by molar-refractivity contribution is 6.01. The molecule has 0 saturated carbocycles. The molecule has 0 atom stereocenters. The van der Waals surface area contributed by atoms with E-state index in [9.17, 15) is 9.90 Å². The number of benzene rings is 2. The number of Topliss-reactive ketones (excluding diaryl/α,β-unsaturated/α-hetero) is 1. The minimum Gasteiger partial charge on any atom is -0.504 e. The number of rotatable bonds is 5.